The number of amides is 3. The average molecular weight is 436 g/mol. The molecule has 2 N–H and O–H groups in total. The first-order chi connectivity index (χ1) is 15.3. The number of hydrogen-bond acceptors (Lipinski definition) is 2. The molecule has 32 heavy (non-hydrogen) atoms. The SMILES string of the molecule is CC(C)Cc1ccc(C(NC(=O)N2CCC(NC(=O)c3ccccc3)CC2)C(C)C)cc1. The van der Waals surface area contributed by atoms with Crippen molar-refractivity contribution in [3.8, 4) is 0 Å². The molecule has 1 heterocycles. The van der Waals surface area contributed by atoms with E-state index in [4.69, 9.17) is 0 Å². The van der Waals surface area contributed by atoms with Crippen molar-refractivity contribution < 1.29 is 9.59 Å². The van der Waals surface area contributed by atoms with E-state index in [1.54, 1.807) is 0 Å². The van der Waals surface area contributed by atoms with Crippen LogP contribution in [-0.4, -0.2) is 36.0 Å². The van der Waals surface area contributed by atoms with E-state index in [9.17, 15) is 9.59 Å². The summed E-state index contributed by atoms with van der Waals surface area (Å²) in [6.45, 7) is 10.0. The third-order valence-electron chi connectivity index (χ3n) is 6.08. The summed E-state index contributed by atoms with van der Waals surface area (Å²) in [5.74, 6) is 0.869. The molecule has 0 aliphatic carbocycles. The van der Waals surface area contributed by atoms with Crippen LogP contribution in [0, 0.1) is 11.8 Å². The van der Waals surface area contributed by atoms with Crippen LogP contribution in [0.4, 0.5) is 4.79 Å². The first-order valence-corrected chi connectivity index (χ1v) is 11.8. The van der Waals surface area contributed by atoms with E-state index in [1.165, 1.54) is 5.56 Å². The Morgan fingerprint density at radius 2 is 1.56 bits per heavy atom. The number of likely N-dealkylation sites (tertiary alicyclic amines) is 1. The van der Waals surface area contributed by atoms with Crippen molar-refractivity contribution in [1.29, 1.82) is 0 Å². The van der Waals surface area contributed by atoms with Crippen molar-refractivity contribution in [3.63, 3.8) is 0 Å². The van der Waals surface area contributed by atoms with Crippen molar-refractivity contribution in [3.05, 3.63) is 71.3 Å². The Labute approximate surface area is 192 Å². The molecule has 0 aromatic heterocycles. The quantitative estimate of drug-likeness (QED) is 0.629. The summed E-state index contributed by atoms with van der Waals surface area (Å²) in [5.41, 5.74) is 3.15. The van der Waals surface area contributed by atoms with Gasteiger partial charge in [-0.1, -0.05) is 70.2 Å². The Morgan fingerprint density at radius 1 is 0.938 bits per heavy atom. The van der Waals surface area contributed by atoms with Gasteiger partial charge in [0, 0.05) is 24.7 Å². The van der Waals surface area contributed by atoms with Gasteiger partial charge in [-0.25, -0.2) is 4.79 Å². The van der Waals surface area contributed by atoms with E-state index in [-0.39, 0.29) is 29.9 Å². The van der Waals surface area contributed by atoms with Gasteiger partial charge in [0.15, 0.2) is 0 Å². The highest BCUT2D eigenvalue weighted by molar-refractivity contribution is 5.94. The Kier molecular flexibility index (Phi) is 8.32. The Morgan fingerprint density at radius 3 is 2.12 bits per heavy atom. The summed E-state index contributed by atoms with van der Waals surface area (Å²) in [6, 6.07) is 18.0. The normalized spacial score (nSPS) is 15.6. The van der Waals surface area contributed by atoms with Crippen LogP contribution in [0.1, 0.15) is 68.1 Å². The topological polar surface area (TPSA) is 61.4 Å². The van der Waals surface area contributed by atoms with Crippen LogP contribution < -0.4 is 10.6 Å². The average Bonchev–Trinajstić information content (AvgIpc) is 2.78. The fraction of sp³-hybridized carbons (Fsp3) is 0.481. The summed E-state index contributed by atoms with van der Waals surface area (Å²) in [6.07, 6.45) is 2.60. The lowest BCUT2D eigenvalue weighted by molar-refractivity contribution is 0.0917. The summed E-state index contributed by atoms with van der Waals surface area (Å²) in [4.78, 5) is 27.2. The molecule has 2 aromatic carbocycles. The molecule has 1 unspecified atom stereocenters. The van der Waals surface area contributed by atoms with Gasteiger partial charge >= 0.3 is 6.03 Å². The zero-order valence-corrected chi connectivity index (χ0v) is 19.8. The Hall–Kier alpha value is -2.82. The number of carbonyl (C=O) groups excluding carboxylic acids is 2. The minimum atomic E-state index is -0.0470. The molecule has 0 saturated carbocycles. The van der Waals surface area contributed by atoms with Gasteiger partial charge in [-0.15, -0.1) is 0 Å². The van der Waals surface area contributed by atoms with Gasteiger partial charge in [0.05, 0.1) is 6.04 Å². The summed E-state index contributed by atoms with van der Waals surface area (Å²) in [7, 11) is 0. The maximum atomic E-state index is 13.0. The second kappa shape index (κ2) is 11.2. The van der Waals surface area contributed by atoms with Crippen molar-refractivity contribution in [1.82, 2.24) is 15.5 Å². The molecule has 5 nitrogen and oxygen atoms in total. The maximum absolute atomic E-state index is 13.0. The number of piperidine rings is 1. The van der Waals surface area contributed by atoms with E-state index < -0.39 is 0 Å². The second-order valence-corrected chi connectivity index (χ2v) is 9.61. The van der Waals surface area contributed by atoms with Gasteiger partial charge in [-0.3, -0.25) is 4.79 Å². The summed E-state index contributed by atoms with van der Waals surface area (Å²) >= 11 is 0. The highest BCUT2D eigenvalue weighted by atomic mass is 16.2. The molecule has 0 bridgehead atoms. The molecule has 1 atom stereocenters. The molecule has 0 spiro atoms. The fourth-order valence-corrected chi connectivity index (χ4v) is 4.28. The molecule has 1 fully saturated rings. The van der Waals surface area contributed by atoms with Gasteiger partial charge < -0.3 is 15.5 Å². The monoisotopic (exact) mass is 435 g/mol. The number of benzene rings is 2. The third kappa shape index (κ3) is 6.59. The molecular formula is C27H37N3O2. The van der Waals surface area contributed by atoms with Crippen molar-refractivity contribution in [2.24, 2.45) is 11.8 Å². The molecular weight excluding hydrogens is 398 g/mol. The lowest BCUT2D eigenvalue weighted by atomic mass is 9.94. The predicted octanol–water partition coefficient (Wildman–Crippen LogP) is 5.19. The smallest absolute Gasteiger partial charge is 0.317 e. The van der Waals surface area contributed by atoms with E-state index >= 15 is 0 Å². The van der Waals surface area contributed by atoms with Crippen LogP contribution in [-0.2, 0) is 6.42 Å². The molecule has 5 heteroatoms. The molecule has 1 saturated heterocycles. The molecule has 0 radical (unpaired) electrons. The summed E-state index contributed by atoms with van der Waals surface area (Å²) in [5, 5.41) is 6.34. The van der Waals surface area contributed by atoms with E-state index in [2.05, 4.69) is 62.6 Å². The lowest BCUT2D eigenvalue weighted by Gasteiger charge is -2.34. The van der Waals surface area contributed by atoms with Gasteiger partial charge in [-0.05, 0) is 54.4 Å². The van der Waals surface area contributed by atoms with Crippen molar-refractivity contribution in [2.45, 2.75) is 59.0 Å². The molecule has 3 amide bonds. The van der Waals surface area contributed by atoms with Crippen LogP contribution in [0.5, 0.6) is 0 Å². The predicted molar refractivity (Wildman–Crippen MR) is 130 cm³/mol. The molecule has 172 valence electrons. The van der Waals surface area contributed by atoms with Crippen LogP contribution in [0.3, 0.4) is 0 Å². The minimum absolute atomic E-state index is 0.0221. The Balaban J connectivity index is 1.52. The molecule has 2 aromatic rings. The van der Waals surface area contributed by atoms with Crippen molar-refractivity contribution >= 4 is 11.9 Å². The maximum Gasteiger partial charge on any atom is 0.317 e. The first-order valence-electron chi connectivity index (χ1n) is 11.8. The number of urea groups is 1. The minimum Gasteiger partial charge on any atom is -0.349 e. The zero-order valence-electron chi connectivity index (χ0n) is 19.8. The molecule has 1 aliphatic rings. The van der Waals surface area contributed by atoms with Crippen LogP contribution in [0.2, 0.25) is 0 Å². The van der Waals surface area contributed by atoms with Gasteiger partial charge in [-0.2, -0.15) is 0 Å². The van der Waals surface area contributed by atoms with E-state index in [0.29, 0.717) is 24.6 Å². The standard InChI is InChI=1S/C27H37N3O2/c1-19(2)18-21-10-12-22(13-11-21)25(20(3)4)29-27(32)30-16-14-24(15-17-30)28-26(31)23-8-6-5-7-9-23/h5-13,19-20,24-25H,14-18H2,1-4H3,(H,28,31)(H,29,32). The fourth-order valence-electron chi connectivity index (χ4n) is 4.28. The van der Waals surface area contributed by atoms with Crippen LogP contribution in [0.15, 0.2) is 54.6 Å². The molecule has 3 rings (SSSR count). The third-order valence-corrected chi connectivity index (χ3v) is 6.08. The van der Waals surface area contributed by atoms with Crippen molar-refractivity contribution in [2.75, 3.05) is 13.1 Å². The van der Waals surface area contributed by atoms with Crippen LogP contribution in [0.25, 0.3) is 0 Å². The highest BCUT2D eigenvalue weighted by Crippen LogP contribution is 2.24. The largest absolute Gasteiger partial charge is 0.349 e. The van der Waals surface area contributed by atoms with E-state index in [0.717, 1.165) is 24.8 Å². The second-order valence-electron chi connectivity index (χ2n) is 9.61. The lowest BCUT2D eigenvalue weighted by Crippen LogP contribution is -2.50. The summed E-state index contributed by atoms with van der Waals surface area (Å²) < 4.78 is 0. The number of nitrogens with one attached hydrogen (secondary N) is 2. The van der Waals surface area contributed by atoms with E-state index in [1.807, 2.05) is 35.2 Å². The number of hydrogen-bond donors (Lipinski definition) is 2. The number of nitrogens with zero attached hydrogens (tertiary/aromatic N) is 1. The zero-order chi connectivity index (χ0) is 23.1. The van der Waals surface area contributed by atoms with Gasteiger partial charge in [0.2, 0.25) is 0 Å². The van der Waals surface area contributed by atoms with Crippen LogP contribution >= 0.6 is 0 Å². The highest BCUT2D eigenvalue weighted by Gasteiger charge is 2.27. The Bertz CT molecular complexity index is 870. The first kappa shape index (κ1) is 23.8. The van der Waals surface area contributed by atoms with Gasteiger partial charge in [0.1, 0.15) is 0 Å². The van der Waals surface area contributed by atoms with Gasteiger partial charge in [0.25, 0.3) is 5.91 Å². The number of carbonyl (C=O) groups is 2. The molecule has 1 aliphatic heterocycles. The number of rotatable bonds is 7.